The first-order chi connectivity index (χ1) is 12.2. The van der Waals surface area contributed by atoms with Crippen LogP contribution in [0.15, 0.2) is 24.3 Å². The molecule has 0 aliphatic carbocycles. The van der Waals surface area contributed by atoms with Crippen molar-refractivity contribution in [1.29, 1.82) is 0 Å². The van der Waals surface area contributed by atoms with Crippen LogP contribution in [0.1, 0.15) is 25.5 Å². The van der Waals surface area contributed by atoms with E-state index in [9.17, 15) is 0 Å². The number of aryl methyl sites for hydroxylation is 1. The molecule has 2 aliphatic heterocycles. The highest BCUT2D eigenvalue weighted by Gasteiger charge is 2.18. The minimum Gasteiger partial charge on any atom is -0.486 e. The van der Waals surface area contributed by atoms with Crippen LogP contribution in [0.4, 0.5) is 17.5 Å². The van der Waals surface area contributed by atoms with Gasteiger partial charge in [0.2, 0.25) is 5.95 Å². The van der Waals surface area contributed by atoms with Crippen molar-refractivity contribution >= 4 is 17.5 Å². The summed E-state index contributed by atoms with van der Waals surface area (Å²) in [6.07, 6.45) is 2.43. The van der Waals surface area contributed by atoms with Crippen LogP contribution in [-0.4, -0.2) is 36.3 Å². The van der Waals surface area contributed by atoms with Gasteiger partial charge in [-0.15, -0.1) is 0 Å². The minimum absolute atomic E-state index is 0.578. The Bertz CT molecular complexity index is 757. The molecular formula is C19H24N4O2. The molecule has 1 saturated heterocycles. The number of ether oxygens (including phenoxy) is 2. The molecule has 132 valence electrons. The number of hydrogen-bond acceptors (Lipinski definition) is 6. The molecule has 6 nitrogen and oxygen atoms in total. The van der Waals surface area contributed by atoms with E-state index in [0.29, 0.717) is 19.2 Å². The van der Waals surface area contributed by atoms with Gasteiger partial charge in [0.1, 0.15) is 19.0 Å². The van der Waals surface area contributed by atoms with Crippen molar-refractivity contribution in [1.82, 2.24) is 9.97 Å². The summed E-state index contributed by atoms with van der Waals surface area (Å²) in [5.74, 6) is 3.96. The molecule has 25 heavy (non-hydrogen) atoms. The highest BCUT2D eigenvalue weighted by molar-refractivity contribution is 5.61. The molecule has 0 amide bonds. The summed E-state index contributed by atoms with van der Waals surface area (Å²) in [7, 11) is 0. The van der Waals surface area contributed by atoms with Crippen LogP contribution in [0.25, 0.3) is 0 Å². The molecule has 0 radical (unpaired) electrons. The number of hydrogen-bond donors (Lipinski definition) is 1. The Morgan fingerprint density at radius 3 is 2.60 bits per heavy atom. The summed E-state index contributed by atoms with van der Waals surface area (Å²) < 4.78 is 11.2. The molecule has 1 aromatic carbocycles. The van der Waals surface area contributed by atoms with Crippen molar-refractivity contribution in [3.63, 3.8) is 0 Å². The monoisotopic (exact) mass is 340 g/mol. The summed E-state index contributed by atoms with van der Waals surface area (Å²) >= 11 is 0. The van der Waals surface area contributed by atoms with Gasteiger partial charge < -0.3 is 19.7 Å². The van der Waals surface area contributed by atoms with Crippen molar-refractivity contribution in [3.8, 4) is 11.5 Å². The molecule has 0 unspecified atom stereocenters. The van der Waals surface area contributed by atoms with E-state index in [0.717, 1.165) is 47.7 Å². The van der Waals surface area contributed by atoms with Crippen molar-refractivity contribution in [3.05, 3.63) is 30.0 Å². The molecule has 3 heterocycles. The van der Waals surface area contributed by atoms with E-state index < -0.39 is 0 Å². The number of rotatable bonds is 3. The molecule has 0 bridgehead atoms. The Hall–Kier alpha value is -2.50. The molecule has 0 saturated carbocycles. The maximum absolute atomic E-state index is 5.64. The fourth-order valence-corrected chi connectivity index (χ4v) is 3.26. The first-order valence-electron chi connectivity index (χ1n) is 8.95. The third kappa shape index (κ3) is 3.62. The van der Waals surface area contributed by atoms with Gasteiger partial charge in [0.05, 0.1) is 0 Å². The van der Waals surface area contributed by atoms with Gasteiger partial charge in [-0.05, 0) is 37.8 Å². The van der Waals surface area contributed by atoms with E-state index in [1.165, 1.54) is 12.8 Å². The quantitative estimate of drug-likeness (QED) is 0.922. The normalized spacial score (nSPS) is 17.4. The maximum atomic E-state index is 5.64. The number of anilines is 3. The summed E-state index contributed by atoms with van der Waals surface area (Å²) in [6.45, 7) is 7.61. The summed E-state index contributed by atoms with van der Waals surface area (Å²) in [4.78, 5) is 11.6. The zero-order chi connectivity index (χ0) is 17.2. The summed E-state index contributed by atoms with van der Waals surface area (Å²) in [5.41, 5.74) is 1.86. The van der Waals surface area contributed by atoms with Gasteiger partial charge in [-0.3, -0.25) is 0 Å². The van der Waals surface area contributed by atoms with Gasteiger partial charge in [0, 0.05) is 36.6 Å². The first kappa shape index (κ1) is 16.0. The predicted molar refractivity (Wildman–Crippen MR) is 98.1 cm³/mol. The Kier molecular flexibility index (Phi) is 4.34. The van der Waals surface area contributed by atoms with Crippen molar-refractivity contribution in [2.75, 3.05) is 36.5 Å². The Balaban J connectivity index is 1.54. The lowest BCUT2D eigenvalue weighted by atomic mass is 9.99. The molecule has 0 atom stereocenters. The lowest BCUT2D eigenvalue weighted by Gasteiger charge is -2.31. The Morgan fingerprint density at radius 2 is 1.80 bits per heavy atom. The van der Waals surface area contributed by atoms with E-state index in [2.05, 4.69) is 28.2 Å². The van der Waals surface area contributed by atoms with Crippen LogP contribution in [0.3, 0.4) is 0 Å². The van der Waals surface area contributed by atoms with Gasteiger partial charge in [0.25, 0.3) is 0 Å². The molecule has 4 rings (SSSR count). The number of aromatic nitrogens is 2. The first-order valence-corrected chi connectivity index (χ1v) is 8.95. The zero-order valence-electron chi connectivity index (χ0n) is 14.8. The van der Waals surface area contributed by atoms with Gasteiger partial charge in [0.15, 0.2) is 11.5 Å². The third-order valence-corrected chi connectivity index (χ3v) is 4.75. The molecule has 6 heteroatoms. The van der Waals surface area contributed by atoms with E-state index in [1.807, 2.05) is 25.1 Å². The highest BCUT2D eigenvalue weighted by atomic mass is 16.6. The van der Waals surface area contributed by atoms with Crippen LogP contribution < -0.4 is 19.7 Å². The Morgan fingerprint density at radius 1 is 1.04 bits per heavy atom. The van der Waals surface area contributed by atoms with Crippen LogP contribution in [0, 0.1) is 12.8 Å². The van der Waals surface area contributed by atoms with Crippen LogP contribution >= 0.6 is 0 Å². The molecule has 0 spiro atoms. The number of piperidine rings is 1. The lowest BCUT2D eigenvalue weighted by molar-refractivity contribution is 0.171. The van der Waals surface area contributed by atoms with E-state index in [1.54, 1.807) is 0 Å². The standard InChI is InChI=1S/C19H24N4O2/c1-13-5-7-23(8-6-13)18-11-14(2)20-19(22-18)21-15-3-4-16-17(12-15)25-10-9-24-16/h3-4,11-13H,5-10H2,1-2H3,(H,20,21,22). The predicted octanol–water partition coefficient (Wildman–Crippen LogP) is 3.54. The van der Waals surface area contributed by atoms with E-state index in [4.69, 9.17) is 14.5 Å². The zero-order valence-corrected chi connectivity index (χ0v) is 14.8. The molecule has 2 aliphatic rings. The van der Waals surface area contributed by atoms with Crippen LogP contribution in [0.2, 0.25) is 0 Å². The molecule has 1 fully saturated rings. The average molecular weight is 340 g/mol. The second kappa shape index (κ2) is 6.78. The number of nitrogens with one attached hydrogen (secondary N) is 1. The number of benzene rings is 1. The minimum atomic E-state index is 0.578. The second-order valence-electron chi connectivity index (χ2n) is 6.84. The van der Waals surface area contributed by atoms with E-state index >= 15 is 0 Å². The highest BCUT2D eigenvalue weighted by Crippen LogP contribution is 2.33. The van der Waals surface area contributed by atoms with Crippen LogP contribution in [0.5, 0.6) is 11.5 Å². The van der Waals surface area contributed by atoms with E-state index in [-0.39, 0.29) is 0 Å². The van der Waals surface area contributed by atoms with Gasteiger partial charge in [-0.1, -0.05) is 6.92 Å². The topological polar surface area (TPSA) is 59.5 Å². The Labute approximate surface area is 148 Å². The van der Waals surface area contributed by atoms with Crippen molar-refractivity contribution in [2.45, 2.75) is 26.7 Å². The largest absolute Gasteiger partial charge is 0.486 e. The van der Waals surface area contributed by atoms with Gasteiger partial charge >= 0.3 is 0 Å². The maximum Gasteiger partial charge on any atom is 0.229 e. The second-order valence-corrected chi connectivity index (χ2v) is 6.84. The smallest absolute Gasteiger partial charge is 0.229 e. The third-order valence-electron chi connectivity index (χ3n) is 4.75. The summed E-state index contributed by atoms with van der Waals surface area (Å²) in [6, 6.07) is 7.87. The molecule has 2 aromatic rings. The SMILES string of the molecule is Cc1cc(N2CCC(C)CC2)nc(Nc2ccc3c(c2)OCCO3)n1. The van der Waals surface area contributed by atoms with Gasteiger partial charge in [-0.25, -0.2) is 4.98 Å². The molecule has 1 aromatic heterocycles. The van der Waals surface area contributed by atoms with Crippen molar-refractivity contribution in [2.24, 2.45) is 5.92 Å². The number of fused-ring (bicyclic) bond motifs is 1. The number of nitrogens with zero attached hydrogens (tertiary/aromatic N) is 3. The lowest BCUT2D eigenvalue weighted by Crippen LogP contribution is -2.33. The van der Waals surface area contributed by atoms with Crippen molar-refractivity contribution < 1.29 is 9.47 Å². The van der Waals surface area contributed by atoms with Crippen LogP contribution in [-0.2, 0) is 0 Å². The van der Waals surface area contributed by atoms with Gasteiger partial charge in [-0.2, -0.15) is 4.98 Å². The molecular weight excluding hydrogens is 316 g/mol. The fraction of sp³-hybridized carbons (Fsp3) is 0.474. The summed E-state index contributed by atoms with van der Waals surface area (Å²) in [5, 5.41) is 3.30. The molecule has 1 N–H and O–H groups in total. The average Bonchev–Trinajstić information content (AvgIpc) is 2.62. The fourth-order valence-electron chi connectivity index (χ4n) is 3.26.